The maximum atomic E-state index is 9.68. The van der Waals surface area contributed by atoms with Gasteiger partial charge in [0.15, 0.2) is 0 Å². The Morgan fingerprint density at radius 2 is 1.89 bits per heavy atom. The average molecular weight is 255 g/mol. The molecule has 0 bridgehead atoms. The Morgan fingerprint density at radius 1 is 1.33 bits per heavy atom. The van der Waals surface area contributed by atoms with Gasteiger partial charge in [-0.25, -0.2) is 0 Å². The Labute approximate surface area is 105 Å². The van der Waals surface area contributed by atoms with Crippen LogP contribution in [0.2, 0.25) is 0 Å². The van der Waals surface area contributed by atoms with E-state index in [0.717, 1.165) is 6.61 Å². The highest BCUT2D eigenvalue weighted by Crippen LogP contribution is 2.30. The van der Waals surface area contributed by atoms with E-state index >= 15 is 0 Å². The van der Waals surface area contributed by atoms with Crippen LogP contribution in [0.15, 0.2) is 30.3 Å². The Bertz CT molecular complexity index is 366. The summed E-state index contributed by atoms with van der Waals surface area (Å²) in [7, 11) is 0. The molecule has 3 atom stereocenters. The van der Waals surface area contributed by atoms with Gasteiger partial charge in [-0.15, -0.1) is 10.1 Å². The summed E-state index contributed by atoms with van der Waals surface area (Å²) in [5, 5.41) is 23.3. The van der Waals surface area contributed by atoms with Gasteiger partial charge in [0.2, 0.25) is 0 Å². The molecule has 1 aliphatic heterocycles. The molecule has 1 aromatic rings. The fraction of sp³-hybridized carbons (Fsp3) is 0.500. The number of rotatable bonds is 1. The van der Waals surface area contributed by atoms with Gasteiger partial charge in [0.25, 0.3) is 5.09 Å². The van der Waals surface area contributed by atoms with Gasteiger partial charge in [0.1, 0.15) is 0 Å². The van der Waals surface area contributed by atoms with E-state index in [9.17, 15) is 5.11 Å². The minimum Gasteiger partial charge on any atom is -0.390 e. The molecule has 100 valence electrons. The minimum absolute atomic E-state index is 0.283. The van der Waals surface area contributed by atoms with E-state index < -0.39 is 5.09 Å². The van der Waals surface area contributed by atoms with Gasteiger partial charge >= 0.3 is 0 Å². The lowest BCUT2D eigenvalue weighted by Gasteiger charge is -2.33. The van der Waals surface area contributed by atoms with Gasteiger partial charge in [-0.05, 0) is 11.5 Å². The summed E-state index contributed by atoms with van der Waals surface area (Å²) >= 11 is 0. The fourth-order valence-corrected chi connectivity index (χ4v) is 1.99. The molecule has 1 aromatic carbocycles. The Morgan fingerprint density at radius 3 is 2.44 bits per heavy atom. The summed E-state index contributed by atoms with van der Waals surface area (Å²) in [6, 6.07) is 10.3. The highest BCUT2D eigenvalue weighted by Gasteiger charge is 2.29. The third kappa shape index (κ3) is 4.31. The van der Waals surface area contributed by atoms with Crippen LogP contribution < -0.4 is 0 Å². The quantitative estimate of drug-likeness (QED) is 0.585. The first-order chi connectivity index (χ1) is 8.52. The lowest BCUT2D eigenvalue weighted by molar-refractivity contribution is -0.742. The highest BCUT2D eigenvalue weighted by molar-refractivity contribution is 5.21. The second kappa shape index (κ2) is 6.93. The second-order valence-corrected chi connectivity index (χ2v) is 4.22. The Hall–Kier alpha value is -1.66. The zero-order chi connectivity index (χ0) is 13.5. The molecule has 0 aromatic heterocycles. The van der Waals surface area contributed by atoms with Crippen LogP contribution in [0.1, 0.15) is 18.4 Å². The zero-order valence-corrected chi connectivity index (χ0v) is 10.1. The number of aliphatic hydroxyl groups excluding tert-OH is 1. The van der Waals surface area contributed by atoms with Crippen LogP contribution in [0.4, 0.5) is 0 Å². The summed E-state index contributed by atoms with van der Waals surface area (Å²) in [4.78, 5) is 8.36. The number of hydrogen-bond acceptors (Lipinski definition) is 4. The van der Waals surface area contributed by atoms with Gasteiger partial charge in [0.05, 0.1) is 19.3 Å². The summed E-state index contributed by atoms with van der Waals surface area (Å²) in [6.45, 7) is 3.29. The molecule has 2 rings (SSSR count). The summed E-state index contributed by atoms with van der Waals surface area (Å²) in [5.41, 5.74) is 1.26. The molecule has 18 heavy (non-hydrogen) atoms. The molecule has 1 aliphatic rings. The van der Waals surface area contributed by atoms with Crippen LogP contribution >= 0.6 is 0 Å². The number of aliphatic hydroxyl groups is 1. The molecular weight excluding hydrogens is 238 g/mol. The molecule has 1 fully saturated rings. The van der Waals surface area contributed by atoms with Gasteiger partial charge in [-0.2, -0.15) is 0 Å². The molecule has 2 N–H and O–H groups in total. The number of benzene rings is 1. The van der Waals surface area contributed by atoms with Gasteiger partial charge in [-0.3, -0.25) is 0 Å². The van der Waals surface area contributed by atoms with E-state index in [1.165, 1.54) is 5.56 Å². The maximum Gasteiger partial charge on any atom is 0.291 e. The summed E-state index contributed by atoms with van der Waals surface area (Å²) < 4.78 is 5.37. The molecule has 6 nitrogen and oxygen atoms in total. The molecular formula is C12H17NO5. The van der Waals surface area contributed by atoms with Crippen molar-refractivity contribution in [2.45, 2.75) is 18.9 Å². The Kier molecular flexibility index (Phi) is 5.54. The monoisotopic (exact) mass is 255 g/mol. The number of nitrogens with zero attached hydrogens (tertiary/aromatic N) is 1. The van der Waals surface area contributed by atoms with Crippen LogP contribution in [0.5, 0.6) is 0 Å². The molecule has 0 radical (unpaired) electrons. The van der Waals surface area contributed by atoms with Crippen LogP contribution in [0, 0.1) is 16.0 Å². The SMILES string of the molecule is CC1C(O)COCC1c1ccccc1.O=[N+]([O-])O. The normalized spacial score (nSPS) is 26.9. The zero-order valence-electron chi connectivity index (χ0n) is 10.1. The van der Waals surface area contributed by atoms with Crippen LogP contribution in [0.3, 0.4) is 0 Å². The van der Waals surface area contributed by atoms with Crippen molar-refractivity contribution in [1.82, 2.24) is 0 Å². The van der Waals surface area contributed by atoms with Crippen molar-refractivity contribution < 1.29 is 20.1 Å². The standard InChI is InChI=1S/C12H16O2.HNO3/c1-9-11(7-14-8-12(9)13)10-5-3-2-4-6-10;2-1(3)4/h2-6,9,11-13H,7-8H2,1H3;(H,2,3,4). The van der Waals surface area contributed by atoms with Crippen molar-refractivity contribution in [2.24, 2.45) is 5.92 Å². The van der Waals surface area contributed by atoms with Crippen molar-refractivity contribution >= 4 is 0 Å². The van der Waals surface area contributed by atoms with Crippen molar-refractivity contribution in [2.75, 3.05) is 13.2 Å². The Balaban J connectivity index is 0.000000357. The second-order valence-electron chi connectivity index (χ2n) is 4.22. The summed E-state index contributed by atoms with van der Waals surface area (Å²) in [6.07, 6.45) is -0.325. The molecule has 3 unspecified atom stereocenters. The molecule has 1 heterocycles. The molecule has 0 spiro atoms. The number of hydrogen-bond donors (Lipinski definition) is 2. The van der Waals surface area contributed by atoms with Gasteiger partial charge < -0.3 is 15.1 Å². The van der Waals surface area contributed by atoms with Crippen molar-refractivity contribution in [3.8, 4) is 0 Å². The third-order valence-electron chi connectivity index (χ3n) is 3.06. The predicted molar refractivity (Wildman–Crippen MR) is 64.0 cm³/mol. The van der Waals surface area contributed by atoms with Crippen LogP contribution in [-0.2, 0) is 4.74 Å². The molecule has 0 amide bonds. The van der Waals surface area contributed by atoms with E-state index in [4.69, 9.17) is 20.1 Å². The first-order valence-electron chi connectivity index (χ1n) is 5.66. The predicted octanol–water partition coefficient (Wildman–Crippen LogP) is 1.45. The fourth-order valence-electron chi connectivity index (χ4n) is 1.99. The van der Waals surface area contributed by atoms with Crippen molar-refractivity contribution in [3.05, 3.63) is 46.0 Å². The van der Waals surface area contributed by atoms with E-state index in [0.29, 0.717) is 12.5 Å². The maximum absolute atomic E-state index is 9.68. The molecule has 0 aliphatic carbocycles. The van der Waals surface area contributed by atoms with Gasteiger partial charge in [-0.1, -0.05) is 37.3 Å². The molecule has 6 heteroatoms. The molecule has 0 saturated carbocycles. The first-order valence-corrected chi connectivity index (χ1v) is 5.66. The lowest BCUT2D eigenvalue weighted by atomic mass is 9.83. The van der Waals surface area contributed by atoms with Crippen LogP contribution in [0.25, 0.3) is 0 Å². The number of ether oxygens (including phenoxy) is 1. The van der Waals surface area contributed by atoms with Gasteiger partial charge in [0, 0.05) is 5.92 Å². The van der Waals surface area contributed by atoms with E-state index in [1.54, 1.807) is 0 Å². The van der Waals surface area contributed by atoms with Crippen molar-refractivity contribution in [3.63, 3.8) is 0 Å². The smallest absolute Gasteiger partial charge is 0.291 e. The minimum atomic E-state index is -1.50. The van der Waals surface area contributed by atoms with E-state index in [2.05, 4.69) is 19.1 Å². The topological polar surface area (TPSA) is 92.8 Å². The average Bonchev–Trinajstić information content (AvgIpc) is 2.33. The third-order valence-corrected chi connectivity index (χ3v) is 3.06. The van der Waals surface area contributed by atoms with Crippen molar-refractivity contribution in [1.29, 1.82) is 0 Å². The molecule has 1 saturated heterocycles. The van der Waals surface area contributed by atoms with E-state index in [-0.39, 0.29) is 12.0 Å². The largest absolute Gasteiger partial charge is 0.390 e. The summed E-state index contributed by atoms with van der Waals surface area (Å²) in [5.74, 6) is 0.617. The van der Waals surface area contributed by atoms with Crippen LogP contribution in [-0.4, -0.2) is 34.7 Å². The lowest BCUT2D eigenvalue weighted by Crippen LogP contribution is -2.36. The van der Waals surface area contributed by atoms with E-state index in [1.807, 2.05) is 18.2 Å². The first kappa shape index (κ1) is 14.4. The highest BCUT2D eigenvalue weighted by atomic mass is 16.9.